The van der Waals surface area contributed by atoms with Crippen molar-refractivity contribution in [3.8, 4) is 0 Å². The molecule has 0 aromatic heterocycles. The highest BCUT2D eigenvalue weighted by Gasteiger charge is 2.14. The lowest BCUT2D eigenvalue weighted by molar-refractivity contribution is 0.195. The highest BCUT2D eigenvalue weighted by molar-refractivity contribution is 4.98. The maximum Gasteiger partial charge on any atom is 0.0168 e. The van der Waals surface area contributed by atoms with E-state index in [0.29, 0.717) is 0 Å². The molecule has 1 nitrogen and oxygen atoms in total. The maximum atomic E-state index is 3.61. The lowest BCUT2D eigenvalue weighted by atomic mass is 10.1. The molecule has 0 spiro atoms. The van der Waals surface area contributed by atoms with Gasteiger partial charge in [-0.2, -0.15) is 0 Å². The normalized spacial score (nSPS) is 12.8. The van der Waals surface area contributed by atoms with Crippen LogP contribution in [0.2, 0.25) is 0 Å². The third-order valence-corrected chi connectivity index (χ3v) is 1.80. The monoisotopic (exact) mass is 153 g/mol. The first-order valence-electron chi connectivity index (χ1n) is 3.97. The van der Waals surface area contributed by atoms with E-state index in [1.165, 1.54) is 0 Å². The summed E-state index contributed by atoms with van der Waals surface area (Å²) in [6.45, 7) is 11.2. The van der Waals surface area contributed by atoms with Gasteiger partial charge in [0.2, 0.25) is 0 Å². The molecule has 0 aromatic carbocycles. The smallest absolute Gasteiger partial charge is 0.0168 e. The highest BCUT2D eigenvalue weighted by Crippen LogP contribution is 2.09. The third-order valence-electron chi connectivity index (χ3n) is 1.80. The van der Waals surface area contributed by atoms with Crippen molar-refractivity contribution in [1.29, 1.82) is 0 Å². The number of allylic oxidation sites excluding steroid dienone is 2. The first-order chi connectivity index (χ1) is 4.98. The van der Waals surface area contributed by atoms with E-state index in [0.717, 1.165) is 6.54 Å². The second-order valence-corrected chi connectivity index (χ2v) is 3.72. The standard InChI is InChI=1S/C10H19N/c1-6-7-8-9-11(5)10(2,3)4/h6-8H,1,9H2,2-5H3/b8-7+. The zero-order valence-electron chi connectivity index (χ0n) is 8.09. The zero-order chi connectivity index (χ0) is 8.91. The molecule has 0 aliphatic carbocycles. The first kappa shape index (κ1) is 10.4. The molecule has 0 bridgehead atoms. The Morgan fingerprint density at radius 1 is 1.36 bits per heavy atom. The molecule has 0 aliphatic rings. The first-order valence-corrected chi connectivity index (χ1v) is 3.97. The summed E-state index contributed by atoms with van der Waals surface area (Å²) in [6.07, 6.45) is 5.89. The molecule has 1 heteroatoms. The van der Waals surface area contributed by atoms with Crippen LogP contribution < -0.4 is 0 Å². The molecule has 11 heavy (non-hydrogen) atoms. The van der Waals surface area contributed by atoms with Gasteiger partial charge in [-0.15, -0.1) is 0 Å². The average molecular weight is 153 g/mol. The van der Waals surface area contributed by atoms with Crippen LogP contribution in [0, 0.1) is 0 Å². The zero-order valence-corrected chi connectivity index (χ0v) is 8.09. The van der Waals surface area contributed by atoms with Gasteiger partial charge in [0.1, 0.15) is 0 Å². The Labute approximate surface area is 70.4 Å². The minimum Gasteiger partial charge on any atom is -0.298 e. The number of likely N-dealkylation sites (N-methyl/N-ethyl adjacent to an activating group) is 1. The predicted octanol–water partition coefficient (Wildman–Crippen LogP) is 2.46. The van der Waals surface area contributed by atoms with Crippen molar-refractivity contribution in [2.75, 3.05) is 13.6 Å². The molecule has 0 heterocycles. The van der Waals surface area contributed by atoms with Crippen LogP contribution in [0.3, 0.4) is 0 Å². The molecule has 0 saturated heterocycles. The molecule has 0 N–H and O–H groups in total. The van der Waals surface area contributed by atoms with Crippen molar-refractivity contribution in [3.63, 3.8) is 0 Å². The van der Waals surface area contributed by atoms with Crippen molar-refractivity contribution in [1.82, 2.24) is 4.90 Å². The van der Waals surface area contributed by atoms with E-state index in [-0.39, 0.29) is 5.54 Å². The Kier molecular flexibility index (Phi) is 4.12. The summed E-state index contributed by atoms with van der Waals surface area (Å²) in [7, 11) is 2.12. The second-order valence-electron chi connectivity index (χ2n) is 3.72. The Morgan fingerprint density at radius 2 is 1.91 bits per heavy atom. The van der Waals surface area contributed by atoms with E-state index in [9.17, 15) is 0 Å². The summed E-state index contributed by atoms with van der Waals surface area (Å²) >= 11 is 0. The lowest BCUT2D eigenvalue weighted by Crippen LogP contribution is -2.37. The van der Waals surface area contributed by atoms with Crippen LogP contribution in [-0.2, 0) is 0 Å². The van der Waals surface area contributed by atoms with Gasteiger partial charge in [0.05, 0.1) is 0 Å². The summed E-state index contributed by atoms with van der Waals surface area (Å²) in [4.78, 5) is 2.28. The fraction of sp³-hybridized carbons (Fsp3) is 0.600. The van der Waals surface area contributed by atoms with Gasteiger partial charge in [-0.3, -0.25) is 4.90 Å². The molecule has 0 atom stereocenters. The maximum absolute atomic E-state index is 3.61. The minimum absolute atomic E-state index is 0.255. The van der Waals surface area contributed by atoms with Crippen LogP contribution in [0.5, 0.6) is 0 Å². The van der Waals surface area contributed by atoms with E-state index in [1.54, 1.807) is 6.08 Å². The summed E-state index contributed by atoms with van der Waals surface area (Å²) < 4.78 is 0. The van der Waals surface area contributed by atoms with Crippen LogP contribution in [0.25, 0.3) is 0 Å². The van der Waals surface area contributed by atoms with Gasteiger partial charge in [0.25, 0.3) is 0 Å². The van der Waals surface area contributed by atoms with Gasteiger partial charge >= 0.3 is 0 Å². The molecule has 0 rings (SSSR count). The topological polar surface area (TPSA) is 3.24 Å². The fourth-order valence-corrected chi connectivity index (χ4v) is 0.589. The Hall–Kier alpha value is -0.560. The molecular formula is C10H19N. The lowest BCUT2D eigenvalue weighted by Gasteiger charge is -2.30. The van der Waals surface area contributed by atoms with E-state index >= 15 is 0 Å². The molecule has 0 fully saturated rings. The average Bonchev–Trinajstić information content (AvgIpc) is 1.86. The van der Waals surface area contributed by atoms with Crippen LogP contribution in [0.1, 0.15) is 20.8 Å². The van der Waals surface area contributed by atoms with Crippen molar-refractivity contribution >= 4 is 0 Å². The molecule has 0 aromatic rings. The molecule has 0 saturated carbocycles. The van der Waals surface area contributed by atoms with Gasteiger partial charge in [0.15, 0.2) is 0 Å². The van der Waals surface area contributed by atoms with Gasteiger partial charge in [-0.25, -0.2) is 0 Å². The molecule has 0 radical (unpaired) electrons. The van der Waals surface area contributed by atoms with E-state index < -0.39 is 0 Å². The van der Waals surface area contributed by atoms with E-state index in [1.807, 2.05) is 6.08 Å². The summed E-state index contributed by atoms with van der Waals surface area (Å²) in [5.74, 6) is 0. The molecule has 0 amide bonds. The van der Waals surface area contributed by atoms with Gasteiger partial charge in [-0.05, 0) is 27.8 Å². The minimum atomic E-state index is 0.255. The van der Waals surface area contributed by atoms with E-state index in [2.05, 4.69) is 45.4 Å². The summed E-state index contributed by atoms with van der Waals surface area (Å²) in [5, 5.41) is 0. The molecular weight excluding hydrogens is 134 g/mol. The number of rotatable bonds is 3. The SMILES string of the molecule is C=C/C=C/CN(C)C(C)(C)C. The molecule has 0 aliphatic heterocycles. The summed E-state index contributed by atoms with van der Waals surface area (Å²) in [5.41, 5.74) is 0.255. The number of nitrogens with zero attached hydrogens (tertiary/aromatic N) is 1. The van der Waals surface area contributed by atoms with Gasteiger partial charge in [0, 0.05) is 12.1 Å². The van der Waals surface area contributed by atoms with Crippen molar-refractivity contribution in [2.24, 2.45) is 0 Å². The predicted molar refractivity (Wildman–Crippen MR) is 51.7 cm³/mol. The van der Waals surface area contributed by atoms with Crippen LogP contribution in [-0.4, -0.2) is 24.0 Å². The Balaban J connectivity index is 3.78. The fourth-order valence-electron chi connectivity index (χ4n) is 0.589. The number of hydrogen-bond acceptors (Lipinski definition) is 1. The van der Waals surface area contributed by atoms with Crippen LogP contribution >= 0.6 is 0 Å². The number of hydrogen-bond donors (Lipinski definition) is 0. The van der Waals surface area contributed by atoms with Crippen molar-refractivity contribution in [2.45, 2.75) is 26.3 Å². The summed E-state index contributed by atoms with van der Waals surface area (Å²) in [6, 6.07) is 0. The highest BCUT2D eigenvalue weighted by atomic mass is 15.1. The van der Waals surface area contributed by atoms with Gasteiger partial charge in [-0.1, -0.05) is 24.8 Å². The second kappa shape index (κ2) is 4.35. The van der Waals surface area contributed by atoms with Crippen LogP contribution in [0.15, 0.2) is 24.8 Å². The largest absolute Gasteiger partial charge is 0.298 e. The van der Waals surface area contributed by atoms with Crippen molar-refractivity contribution in [3.05, 3.63) is 24.8 Å². The Morgan fingerprint density at radius 3 is 2.27 bits per heavy atom. The van der Waals surface area contributed by atoms with Crippen molar-refractivity contribution < 1.29 is 0 Å². The van der Waals surface area contributed by atoms with E-state index in [4.69, 9.17) is 0 Å². The van der Waals surface area contributed by atoms with Gasteiger partial charge < -0.3 is 0 Å². The molecule has 0 unspecified atom stereocenters. The van der Waals surface area contributed by atoms with Crippen LogP contribution in [0.4, 0.5) is 0 Å². The third kappa shape index (κ3) is 4.79. The Bertz CT molecular complexity index is 139. The quantitative estimate of drug-likeness (QED) is 0.563. The molecule has 64 valence electrons.